The molecule has 1 aromatic rings. The Kier molecular flexibility index (Phi) is 4.00. The van der Waals surface area contributed by atoms with Gasteiger partial charge < -0.3 is 5.11 Å². The lowest BCUT2D eigenvalue weighted by atomic mass is 10.2. The van der Waals surface area contributed by atoms with E-state index in [4.69, 9.17) is 16.7 Å². The molecule has 1 rings (SSSR count). The summed E-state index contributed by atoms with van der Waals surface area (Å²) < 4.78 is -1.16. The molecule has 92 valence electrons. The zero-order valence-electron chi connectivity index (χ0n) is 9.14. The maximum Gasteiger partial charge on any atom is 0.319 e. The molecule has 0 radical (unpaired) electrons. The third-order valence-corrected chi connectivity index (χ3v) is 3.55. The van der Waals surface area contributed by atoms with Crippen molar-refractivity contribution in [2.75, 3.05) is 0 Å². The van der Waals surface area contributed by atoms with Gasteiger partial charge in [-0.05, 0) is 26.0 Å². The van der Waals surface area contributed by atoms with E-state index in [9.17, 15) is 14.9 Å². The highest BCUT2D eigenvalue weighted by molar-refractivity contribution is 8.01. The first-order valence-electron chi connectivity index (χ1n) is 4.61. The number of para-hydroxylation sites is 1. The number of hydrogen-bond donors (Lipinski definition) is 1. The average molecular weight is 276 g/mol. The van der Waals surface area contributed by atoms with E-state index in [1.807, 2.05) is 0 Å². The van der Waals surface area contributed by atoms with E-state index in [1.165, 1.54) is 26.0 Å². The quantitative estimate of drug-likeness (QED) is 0.518. The summed E-state index contributed by atoms with van der Waals surface area (Å²) in [6.45, 7) is 2.95. The van der Waals surface area contributed by atoms with Gasteiger partial charge in [-0.3, -0.25) is 14.9 Å². The lowest BCUT2D eigenvalue weighted by Crippen LogP contribution is -2.27. The first-order chi connectivity index (χ1) is 7.75. The first-order valence-corrected chi connectivity index (χ1v) is 5.80. The van der Waals surface area contributed by atoms with Gasteiger partial charge >= 0.3 is 11.7 Å². The molecule has 0 unspecified atom stereocenters. The second-order valence-electron chi connectivity index (χ2n) is 3.76. The van der Waals surface area contributed by atoms with E-state index in [1.54, 1.807) is 6.07 Å². The Morgan fingerprint density at radius 2 is 2.12 bits per heavy atom. The summed E-state index contributed by atoms with van der Waals surface area (Å²) in [7, 11) is 0. The standard InChI is InChI=1S/C10H10ClNO4S/c1-10(2,9(13)14)17-7-5-3-4-6(11)8(7)12(15)16/h3-5H,1-2H3,(H,13,14). The Labute approximate surface area is 107 Å². The third-order valence-electron chi connectivity index (χ3n) is 2.01. The number of nitrogens with zero attached hydrogens (tertiary/aromatic N) is 1. The van der Waals surface area contributed by atoms with Crippen molar-refractivity contribution in [1.82, 2.24) is 0 Å². The second kappa shape index (κ2) is 4.93. The maximum absolute atomic E-state index is 11.0. The highest BCUT2D eigenvalue weighted by atomic mass is 35.5. The van der Waals surface area contributed by atoms with Crippen LogP contribution in [0.4, 0.5) is 5.69 Å². The van der Waals surface area contributed by atoms with Gasteiger partial charge in [0, 0.05) is 0 Å². The Morgan fingerprint density at radius 3 is 2.59 bits per heavy atom. The van der Waals surface area contributed by atoms with Crippen LogP contribution in [0.15, 0.2) is 23.1 Å². The van der Waals surface area contributed by atoms with E-state index in [0.717, 1.165) is 11.8 Å². The zero-order valence-corrected chi connectivity index (χ0v) is 10.7. The Hall–Kier alpha value is -1.27. The van der Waals surface area contributed by atoms with Gasteiger partial charge in [-0.1, -0.05) is 17.7 Å². The molecular weight excluding hydrogens is 266 g/mol. The third kappa shape index (κ3) is 3.10. The van der Waals surface area contributed by atoms with Gasteiger partial charge in [0.25, 0.3) is 0 Å². The molecule has 0 aromatic heterocycles. The molecule has 7 heteroatoms. The first kappa shape index (κ1) is 13.8. The summed E-state index contributed by atoms with van der Waals surface area (Å²) in [6, 6.07) is 4.44. The summed E-state index contributed by atoms with van der Waals surface area (Å²) in [5.74, 6) is -1.04. The van der Waals surface area contributed by atoms with Crippen LogP contribution >= 0.6 is 23.4 Å². The molecule has 1 aromatic carbocycles. The molecule has 17 heavy (non-hydrogen) atoms. The van der Waals surface area contributed by atoms with Crippen molar-refractivity contribution in [3.05, 3.63) is 33.3 Å². The molecule has 0 aliphatic heterocycles. The molecular formula is C10H10ClNO4S. The Balaban J connectivity index is 3.20. The van der Waals surface area contributed by atoms with Gasteiger partial charge in [0.1, 0.15) is 9.77 Å². The summed E-state index contributed by atoms with van der Waals surface area (Å²) in [4.78, 5) is 21.5. The lowest BCUT2D eigenvalue weighted by Gasteiger charge is -2.18. The largest absolute Gasteiger partial charge is 0.480 e. The van der Waals surface area contributed by atoms with E-state index in [0.29, 0.717) is 0 Å². The van der Waals surface area contributed by atoms with Gasteiger partial charge in [0.05, 0.1) is 9.82 Å². The highest BCUT2D eigenvalue weighted by Gasteiger charge is 2.32. The molecule has 0 saturated carbocycles. The summed E-state index contributed by atoms with van der Waals surface area (Å²) in [5.41, 5.74) is -0.256. The fraction of sp³-hybridized carbons (Fsp3) is 0.300. The van der Waals surface area contributed by atoms with Gasteiger partial charge in [0.15, 0.2) is 0 Å². The Bertz CT molecular complexity index is 475. The number of benzene rings is 1. The summed E-state index contributed by atoms with van der Waals surface area (Å²) >= 11 is 6.63. The SMILES string of the molecule is CC(C)(Sc1cccc(Cl)c1[N+](=O)[O-])C(=O)O. The molecule has 0 atom stereocenters. The number of nitro benzene ring substituents is 1. The number of carboxylic acids is 1. The molecule has 0 spiro atoms. The molecule has 0 amide bonds. The number of aliphatic carboxylic acids is 1. The van der Waals surface area contributed by atoms with E-state index in [2.05, 4.69) is 0 Å². The van der Waals surface area contributed by atoms with Crippen LogP contribution < -0.4 is 0 Å². The minimum absolute atomic E-state index is 0.00110. The minimum Gasteiger partial charge on any atom is -0.480 e. The molecule has 0 heterocycles. The fourth-order valence-corrected chi connectivity index (χ4v) is 2.44. The smallest absolute Gasteiger partial charge is 0.319 e. The average Bonchev–Trinajstić information content (AvgIpc) is 2.15. The molecule has 0 fully saturated rings. The van der Waals surface area contributed by atoms with Crippen molar-refractivity contribution in [2.24, 2.45) is 0 Å². The van der Waals surface area contributed by atoms with Crippen molar-refractivity contribution in [2.45, 2.75) is 23.5 Å². The maximum atomic E-state index is 11.0. The number of nitro groups is 1. The predicted molar refractivity (Wildman–Crippen MR) is 65.7 cm³/mol. The minimum atomic E-state index is -1.16. The molecule has 0 aliphatic carbocycles. The van der Waals surface area contributed by atoms with Crippen molar-refractivity contribution in [3.8, 4) is 0 Å². The van der Waals surface area contributed by atoms with Crippen LogP contribution in [0.25, 0.3) is 0 Å². The van der Waals surface area contributed by atoms with Crippen LogP contribution in [0, 0.1) is 10.1 Å². The number of carboxylic acid groups (broad SMARTS) is 1. The van der Waals surface area contributed by atoms with E-state index < -0.39 is 15.6 Å². The lowest BCUT2D eigenvalue weighted by molar-refractivity contribution is -0.387. The van der Waals surface area contributed by atoms with Crippen LogP contribution in [0.2, 0.25) is 5.02 Å². The molecule has 0 aliphatic rings. The van der Waals surface area contributed by atoms with E-state index >= 15 is 0 Å². The summed E-state index contributed by atoms with van der Waals surface area (Å²) in [5, 5.41) is 19.8. The van der Waals surface area contributed by atoms with Crippen LogP contribution in [-0.2, 0) is 4.79 Å². The number of hydrogen-bond acceptors (Lipinski definition) is 4. The van der Waals surface area contributed by atoms with Crippen molar-refractivity contribution in [1.29, 1.82) is 0 Å². The summed E-state index contributed by atoms with van der Waals surface area (Å²) in [6.07, 6.45) is 0. The molecule has 0 bridgehead atoms. The molecule has 0 saturated heterocycles. The van der Waals surface area contributed by atoms with Gasteiger partial charge in [-0.2, -0.15) is 0 Å². The fourth-order valence-electron chi connectivity index (χ4n) is 1.07. The van der Waals surface area contributed by atoms with Gasteiger partial charge in [0.2, 0.25) is 0 Å². The Morgan fingerprint density at radius 1 is 1.53 bits per heavy atom. The van der Waals surface area contributed by atoms with E-state index in [-0.39, 0.29) is 15.6 Å². The van der Waals surface area contributed by atoms with Crippen LogP contribution in [0.1, 0.15) is 13.8 Å². The highest BCUT2D eigenvalue weighted by Crippen LogP contribution is 2.41. The molecule has 5 nitrogen and oxygen atoms in total. The zero-order chi connectivity index (χ0) is 13.2. The number of thioether (sulfide) groups is 1. The number of halogens is 1. The van der Waals surface area contributed by atoms with Crippen molar-refractivity contribution < 1.29 is 14.8 Å². The number of carbonyl (C=O) groups is 1. The topological polar surface area (TPSA) is 80.4 Å². The number of rotatable bonds is 4. The molecule has 1 N–H and O–H groups in total. The van der Waals surface area contributed by atoms with Gasteiger partial charge in [-0.25, -0.2) is 0 Å². The predicted octanol–water partition coefficient (Wildman–Crippen LogP) is 3.20. The van der Waals surface area contributed by atoms with Crippen molar-refractivity contribution >= 4 is 35.0 Å². The van der Waals surface area contributed by atoms with Crippen LogP contribution in [0.3, 0.4) is 0 Å². The normalized spacial score (nSPS) is 11.2. The van der Waals surface area contributed by atoms with Crippen LogP contribution in [-0.4, -0.2) is 20.7 Å². The van der Waals surface area contributed by atoms with Gasteiger partial charge in [-0.15, -0.1) is 11.8 Å². The second-order valence-corrected chi connectivity index (χ2v) is 5.83. The monoisotopic (exact) mass is 275 g/mol. The van der Waals surface area contributed by atoms with Crippen molar-refractivity contribution in [3.63, 3.8) is 0 Å². The van der Waals surface area contributed by atoms with Crippen LogP contribution in [0.5, 0.6) is 0 Å².